The molecular weight excluding hydrogens is 418 g/mol. The lowest BCUT2D eigenvalue weighted by molar-refractivity contribution is -0.118. The average molecular weight is 454 g/mol. The van der Waals surface area contributed by atoms with E-state index in [9.17, 15) is 14.4 Å². The number of rotatable bonds is 9. The van der Waals surface area contributed by atoms with E-state index in [0.717, 1.165) is 24.1 Å². The summed E-state index contributed by atoms with van der Waals surface area (Å²) in [5.74, 6) is -0.579. The van der Waals surface area contributed by atoms with E-state index in [4.69, 9.17) is 4.74 Å². The van der Waals surface area contributed by atoms with Gasteiger partial charge in [-0.15, -0.1) is 0 Å². The van der Waals surface area contributed by atoms with Gasteiger partial charge in [-0.3, -0.25) is 14.4 Å². The number of methoxy groups -OCH3 is 1. The van der Waals surface area contributed by atoms with E-state index in [0.29, 0.717) is 48.4 Å². The molecule has 0 saturated carbocycles. The van der Waals surface area contributed by atoms with Crippen molar-refractivity contribution in [3.05, 3.63) is 52.3 Å². The third kappa shape index (κ3) is 5.71. The topological polar surface area (TPSA) is 100 Å². The number of aromatic nitrogens is 1. The first-order chi connectivity index (χ1) is 15.7. The van der Waals surface area contributed by atoms with Crippen LogP contribution in [0.2, 0.25) is 0 Å². The highest BCUT2D eigenvalue weighted by atomic mass is 16.5. The molecule has 1 aromatic carbocycles. The molecule has 3 rings (SSSR count). The normalized spacial score (nSPS) is 15.6. The van der Waals surface area contributed by atoms with Crippen molar-refractivity contribution in [3.8, 4) is 0 Å². The molecule has 7 heteroatoms. The van der Waals surface area contributed by atoms with Crippen LogP contribution in [-0.2, 0) is 22.6 Å². The maximum Gasteiger partial charge on any atom is 0.268 e. The number of hydrogen-bond donors (Lipinski definition) is 3. The fourth-order valence-electron chi connectivity index (χ4n) is 4.51. The Labute approximate surface area is 195 Å². The van der Waals surface area contributed by atoms with Gasteiger partial charge < -0.3 is 20.4 Å². The first-order valence-electron chi connectivity index (χ1n) is 11.6. The molecule has 1 unspecified atom stereocenters. The Balaban J connectivity index is 1.80. The van der Waals surface area contributed by atoms with E-state index in [1.165, 1.54) is 0 Å². The number of fused-ring (bicyclic) bond motifs is 1. The van der Waals surface area contributed by atoms with Gasteiger partial charge in [0.05, 0.1) is 6.61 Å². The van der Waals surface area contributed by atoms with Crippen LogP contribution in [0.1, 0.15) is 84.1 Å². The number of nitrogens with one attached hydrogen (secondary N) is 3. The van der Waals surface area contributed by atoms with Crippen LogP contribution < -0.4 is 10.6 Å². The van der Waals surface area contributed by atoms with Crippen molar-refractivity contribution < 1.29 is 19.1 Å². The molecule has 1 aliphatic carbocycles. The molecule has 1 heterocycles. The van der Waals surface area contributed by atoms with Gasteiger partial charge in [0, 0.05) is 36.0 Å². The quantitative estimate of drug-likeness (QED) is 0.518. The predicted octanol–water partition coefficient (Wildman–Crippen LogP) is 4.55. The zero-order valence-electron chi connectivity index (χ0n) is 20.3. The molecule has 33 heavy (non-hydrogen) atoms. The summed E-state index contributed by atoms with van der Waals surface area (Å²) in [4.78, 5) is 42.2. The third-order valence-corrected chi connectivity index (χ3v) is 6.17. The van der Waals surface area contributed by atoms with Crippen molar-refractivity contribution in [3.63, 3.8) is 0 Å². The van der Waals surface area contributed by atoms with Gasteiger partial charge in [-0.25, -0.2) is 0 Å². The first-order valence-corrected chi connectivity index (χ1v) is 11.6. The first kappa shape index (κ1) is 24.7. The summed E-state index contributed by atoms with van der Waals surface area (Å²) in [6.45, 7) is 8.32. The minimum Gasteiger partial charge on any atom is -0.380 e. The van der Waals surface area contributed by atoms with Gasteiger partial charge in [0.1, 0.15) is 11.7 Å². The molecule has 178 valence electrons. The van der Waals surface area contributed by atoms with E-state index in [2.05, 4.69) is 29.5 Å². The smallest absolute Gasteiger partial charge is 0.268 e. The number of Topliss-reactive ketones (excluding diaryl/α,β-unsaturated/α-hetero) is 1. The van der Waals surface area contributed by atoms with E-state index in [1.54, 1.807) is 14.0 Å². The van der Waals surface area contributed by atoms with Gasteiger partial charge >= 0.3 is 0 Å². The molecule has 0 bridgehead atoms. The Morgan fingerprint density at radius 3 is 2.64 bits per heavy atom. The van der Waals surface area contributed by atoms with Crippen LogP contribution in [0.25, 0.3) is 0 Å². The molecule has 7 nitrogen and oxygen atoms in total. The molecule has 0 saturated heterocycles. The minimum atomic E-state index is -0.695. The standard InChI is InChI=1S/C26H35N3O4/c1-6-7-11-19(24(31)28-18-12-9-8-10-17(18)15-33-5)29-25(32)23-16(2)22-20(27-23)13-26(3,4)14-21(22)30/h8-10,12,19,27H,6-7,11,13-15H2,1-5H3,(H,28,31)(H,29,32). The highest BCUT2D eigenvalue weighted by Crippen LogP contribution is 2.36. The maximum absolute atomic E-state index is 13.2. The highest BCUT2D eigenvalue weighted by molar-refractivity contribution is 6.06. The molecular formula is C26H35N3O4. The number of hydrogen-bond acceptors (Lipinski definition) is 4. The number of carbonyl (C=O) groups excluding carboxylic acids is 3. The molecule has 2 amide bonds. The van der Waals surface area contributed by atoms with Gasteiger partial charge in [0.25, 0.3) is 5.91 Å². The SMILES string of the molecule is CCCCC(NC(=O)c1[nH]c2c(c1C)C(=O)CC(C)(C)C2)C(=O)Nc1ccccc1COC. The van der Waals surface area contributed by atoms with E-state index >= 15 is 0 Å². The molecule has 0 spiro atoms. The molecule has 2 aromatic rings. The molecule has 0 aliphatic heterocycles. The van der Waals surface area contributed by atoms with Crippen molar-refractivity contribution in [2.75, 3.05) is 12.4 Å². The van der Waals surface area contributed by atoms with Gasteiger partial charge in [0.2, 0.25) is 5.91 Å². The molecule has 1 aromatic heterocycles. The van der Waals surface area contributed by atoms with E-state index in [1.807, 2.05) is 31.2 Å². The van der Waals surface area contributed by atoms with Crippen LogP contribution in [0.3, 0.4) is 0 Å². The number of H-pyrrole nitrogens is 1. The Morgan fingerprint density at radius 2 is 1.94 bits per heavy atom. The van der Waals surface area contributed by atoms with Gasteiger partial charge in [-0.2, -0.15) is 0 Å². The monoisotopic (exact) mass is 453 g/mol. The Morgan fingerprint density at radius 1 is 1.21 bits per heavy atom. The van der Waals surface area contributed by atoms with Crippen LogP contribution in [0.15, 0.2) is 24.3 Å². The largest absolute Gasteiger partial charge is 0.380 e. The van der Waals surface area contributed by atoms with Crippen LogP contribution in [0.5, 0.6) is 0 Å². The second kappa shape index (κ2) is 10.3. The van der Waals surface area contributed by atoms with Crippen molar-refractivity contribution in [1.29, 1.82) is 0 Å². The lowest BCUT2D eigenvalue weighted by Crippen LogP contribution is -2.44. The van der Waals surface area contributed by atoms with Crippen LogP contribution in [0.4, 0.5) is 5.69 Å². The number of carbonyl (C=O) groups is 3. The van der Waals surface area contributed by atoms with Crippen molar-refractivity contribution in [2.45, 2.75) is 72.4 Å². The number of para-hydroxylation sites is 1. The van der Waals surface area contributed by atoms with Crippen molar-refractivity contribution >= 4 is 23.3 Å². The van der Waals surface area contributed by atoms with Crippen molar-refractivity contribution in [2.24, 2.45) is 5.41 Å². The lowest BCUT2D eigenvalue weighted by Gasteiger charge is -2.28. The number of benzene rings is 1. The predicted molar refractivity (Wildman–Crippen MR) is 129 cm³/mol. The third-order valence-electron chi connectivity index (χ3n) is 6.17. The van der Waals surface area contributed by atoms with E-state index in [-0.39, 0.29) is 23.0 Å². The maximum atomic E-state index is 13.2. The number of ketones is 1. The fourth-order valence-corrected chi connectivity index (χ4v) is 4.51. The molecule has 3 N–H and O–H groups in total. The Bertz CT molecular complexity index is 1040. The molecule has 1 atom stereocenters. The molecule has 0 radical (unpaired) electrons. The molecule has 0 fully saturated rings. The summed E-state index contributed by atoms with van der Waals surface area (Å²) in [7, 11) is 1.60. The van der Waals surface area contributed by atoms with E-state index < -0.39 is 6.04 Å². The number of ether oxygens (including phenoxy) is 1. The van der Waals surface area contributed by atoms with Crippen LogP contribution in [-0.4, -0.2) is 35.7 Å². The lowest BCUT2D eigenvalue weighted by atomic mass is 9.75. The van der Waals surface area contributed by atoms with Crippen molar-refractivity contribution in [1.82, 2.24) is 10.3 Å². The second-order valence-corrected chi connectivity index (χ2v) is 9.67. The average Bonchev–Trinajstić information content (AvgIpc) is 3.07. The zero-order chi connectivity index (χ0) is 24.2. The zero-order valence-corrected chi connectivity index (χ0v) is 20.3. The highest BCUT2D eigenvalue weighted by Gasteiger charge is 2.35. The summed E-state index contributed by atoms with van der Waals surface area (Å²) in [5, 5.41) is 5.84. The van der Waals surface area contributed by atoms with Crippen LogP contribution in [0, 0.1) is 12.3 Å². The van der Waals surface area contributed by atoms with Gasteiger partial charge in [-0.05, 0) is 36.8 Å². The summed E-state index contributed by atoms with van der Waals surface area (Å²) in [6, 6.07) is 6.75. The fraction of sp³-hybridized carbons (Fsp3) is 0.500. The molecule has 1 aliphatic rings. The number of amides is 2. The summed E-state index contributed by atoms with van der Waals surface area (Å²) < 4.78 is 5.22. The van der Waals surface area contributed by atoms with Gasteiger partial charge in [0.15, 0.2) is 5.78 Å². The van der Waals surface area contributed by atoms with Crippen LogP contribution >= 0.6 is 0 Å². The Kier molecular flexibility index (Phi) is 7.74. The second-order valence-electron chi connectivity index (χ2n) is 9.67. The summed E-state index contributed by atoms with van der Waals surface area (Å²) in [6.07, 6.45) is 3.39. The minimum absolute atomic E-state index is 0.0593. The number of anilines is 1. The number of aromatic amines is 1. The summed E-state index contributed by atoms with van der Waals surface area (Å²) in [5.41, 5.74) is 3.84. The Hall–Kier alpha value is -2.93. The van der Waals surface area contributed by atoms with Gasteiger partial charge in [-0.1, -0.05) is 51.8 Å². The summed E-state index contributed by atoms with van der Waals surface area (Å²) >= 11 is 0. The number of unbranched alkanes of at least 4 members (excludes halogenated alkanes) is 1.